The Morgan fingerprint density at radius 3 is 2.87 bits per heavy atom. The lowest BCUT2D eigenvalue weighted by Crippen LogP contribution is -2.35. The number of anilines is 2. The highest BCUT2D eigenvalue weighted by atomic mass is 32.2. The molecule has 7 nitrogen and oxygen atoms in total. The number of hydrogen-bond donors (Lipinski definition) is 2. The van der Waals surface area contributed by atoms with Gasteiger partial charge in [0.15, 0.2) is 15.7 Å². The summed E-state index contributed by atoms with van der Waals surface area (Å²) in [6, 6.07) is 1.96. The van der Waals surface area contributed by atoms with Crippen LogP contribution in [0.1, 0.15) is 26.7 Å². The molecule has 1 saturated heterocycles. The molecule has 8 heteroatoms. The van der Waals surface area contributed by atoms with Gasteiger partial charge in [-0.15, -0.1) is 0 Å². The van der Waals surface area contributed by atoms with Gasteiger partial charge in [0.2, 0.25) is 5.95 Å². The van der Waals surface area contributed by atoms with Crippen LogP contribution in [0.3, 0.4) is 0 Å². The Kier molecular flexibility index (Phi) is 4.34. The second-order valence-electron chi connectivity index (χ2n) is 6.19. The van der Waals surface area contributed by atoms with E-state index >= 15 is 0 Å². The van der Waals surface area contributed by atoms with Gasteiger partial charge >= 0.3 is 0 Å². The second-order valence-corrected chi connectivity index (χ2v) is 8.42. The van der Waals surface area contributed by atoms with Gasteiger partial charge in [-0.2, -0.15) is 0 Å². The molecule has 0 saturated carbocycles. The third kappa shape index (κ3) is 3.87. The van der Waals surface area contributed by atoms with Crippen LogP contribution in [0.15, 0.2) is 18.5 Å². The average molecular weight is 335 g/mol. The lowest BCUT2D eigenvalue weighted by Gasteiger charge is -2.23. The summed E-state index contributed by atoms with van der Waals surface area (Å²) in [6.45, 7) is 4.07. The van der Waals surface area contributed by atoms with Crippen LogP contribution in [0.4, 0.5) is 11.8 Å². The van der Waals surface area contributed by atoms with E-state index in [1.54, 1.807) is 12.4 Å². The monoisotopic (exact) mass is 335 g/mol. The van der Waals surface area contributed by atoms with Crippen molar-refractivity contribution >= 4 is 32.5 Å². The second kappa shape index (κ2) is 6.27. The van der Waals surface area contributed by atoms with E-state index < -0.39 is 9.84 Å². The molecule has 1 aliphatic heterocycles. The Hall–Kier alpha value is -1.96. The molecule has 3 rings (SSSR count). The van der Waals surface area contributed by atoms with Crippen molar-refractivity contribution in [1.82, 2.24) is 15.0 Å². The van der Waals surface area contributed by atoms with Gasteiger partial charge in [0, 0.05) is 29.9 Å². The minimum atomic E-state index is -2.96. The molecule has 124 valence electrons. The van der Waals surface area contributed by atoms with Gasteiger partial charge in [-0.3, -0.25) is 0 Å². The van der Waals surface area contributed by atoms with E-state index in [2.05, 4.69) is 25.6 Å². The predicted octanol–water partition coefficient (Wildman–Crippen LogP) is 1.83. The van der Waals surface area contributed by atoms with Crippen LogP contribution in [0.5, 0.6) is 0 Å². The van der Waals surface area contributed by atoms with Gasteiger partial charge in [-0.1, -0.05) is 0 Å². The van der Waals surface area contributed by atoms with Crippen molar-refractivity contribution in [1.29, 1.82) is 0 Å². The van der Waals surface area contributed by atoms with Crippen molar-refractivity contribution in [3.8, 4) is 0 Å². The van der Waals surface area contributed by atoms with Crippen LogP contribution in [0.2, 0.25) is 0 Å². The first-order valence-electron chi connectivity index (χ1n) is 7.78. The highest BCUT2D eigenvalue weighted by Gasteiger charge is 2.25. The molecule has 1 aliphatic rings. The number of rotatable bonds is 4. The Bertz CT molecular complexity index is 807. The Labute approximate surface area is 135 Å². The Morgan fingerprint density at radius 1 is 1.30 bits per heavy atom. The fourth-order valence-corrected chi connectivity index (χ4v) is 4.36. The molecule has 1 unspecified atom stereocenters. The molecular weight excluding hydrogens is 314 g/mol. The van der Waals surface area contributed by atoms with Crippen molar-refractivity contribution < 1.29 is 8.42 Å². The molecule has 0 aromatic carbocycles. The van der Waals surface area contributed by atoms with E-state index in [1.165, 1.54) is 0 Å². The number of nitrogens with one attached hydrogen (secondary N) is 2. The van der Waals surface area contributed by atoms with Gasteiger partial charge in [-0.25, -0.2) is 23.4 Å². The van der Waals surface area contributed by atoms with Gasteiger partial charge in [0.25, 0.3) is 0 Å². The summed E-state index contributed by atoms with van der Waals surface area (Å²) in [6.07, 6.45) is 4.94. The molecule has 3 heterocycles. The smallest absolute Gasteiger partial charge is 0.223 e. The van der Waals surface area contributed by atoms with Crippen molar-refractivity contribution in [2.24, 2.45) is 0 Å². The molecule has 2 aromatic rings. The third-order valence-corrected chi connectivity index (χ3v) is 5.54. The van der Waals surface area contributed by atoms with E-state index in [1.807, 2.05) is 19.9 Å². The van der Waals surface area contributed by atoms with E-state index in [-0.39, 0.29) is 23.6 Å². The quantitative estimate of drug-likeness (QED) is 0.880. The standard InChI is InChI=1S/C15H21N5O2S/c1-10(2)18-14-13-11(5-6-16-14)8-17-15(20-13)19-12-4-3-7-23(21,22)9-12/h5-6,8,10,12H,3-4,7,9H2,1-2H3,(H,16,18)(H,17,19,20). The van der Waals surface area contributed by atoms with Crippen molar-refractivity contribution in [3.05, 3.63) is 18.5 Å². The zero-order valence-electron chi connectivity index (χ0n) is 13.3. The van der Waals surface area contributed by atoms with Crippen LogP contribution in [0, 0.1) is 0 Å². The van der Waals surface area contributed by atoms with Gasteiger partial charge in [0.05, 0.1) is 11.5 Å². The first kappa shape index (κ1) is 15.9. The van der Waals surface area contributed by atoms with Gasteiger partial charge in [0.1, 0.15) is 5.52 Å². The molecule has 0 bridgehead atoms. The molecule has 1 fully saturated rings. The maximum atomic E-state index is 11.7. The molecular formula is C15H21N5O2S. The van der Waals surface area contributed by atoms with Crippen LogP contribution in [-0.4, -0.2) is 47.0 Å². The highest BCUT2D eigenvalue weighted by molar-refractivity contribution is 7.91. The van der Waals surface area contributed by atoms with Crippen LogP contribution in [-0.2, 0) is 9.84 Å². The zero-order chi connectivity index (χ0) is 16.4. The maximum absolute atomic E-state index is 11.7. The van der Waals surface area contributed by atoms with Crippen LogP contribution < -0.4 is 10.6 Å². The summed E-state index contributed by atoms with van der Waals surface area (Å²) >= 11 is 0. The van der Waals surface area contributed by atoms with Gasteiger partial charge in [-0.05, 0) is 32.8 Å². The Balaban J connectivity index is 1.87. The summed E-state index contributed by atoms with van der Waals surface area (Å²) < 4.78 is 23.5. The molecule has 23 heavy (non-hydrogen) atoms. The van der Waals surface area contributed by atoms with Crippen molar-refractivity contribution in [2.75, 3.05) is 22.1 Å². The largest absolute Gasteiger partial charge is 0.366 e. The van der Waals surface area contributed by atoms with Crippen LogP contribution in [0.25, 0.3) is 10.9 Å². The summed E-state index contributed by atoms with van der Waals surface area (Å²) in [7, 11) is -2.96. The zero-order valence-corrected chi connectivity index (χ0v) is 14.1. The first-order valence-corrected chi connectivity index (χ1v) is 9.60. The lowest BCUT2D eigenvalue weighted by molar-refractivity contribution is 0.561. The van der Waals surface area contributed by atoms with Crippen molar-refractivity contribution in [2.45, 2.75) is 38.8 Å². The maximum Gasteiger partial charge on any atom is 0.223 e. The van der Waals surface area contributed by atoms with E-state index in [0.29, 0.717) is 18.2 Å². The first-order chi connectivity index (χ1) is 10.9. The molecule has 0 aliphatic carbocycles. The summed E-state index contributed by atoms with van der Waals surface area (Å²) in [5.74, 6) is 1.56. The average Bonchev–Trinajstić information content (AvgIpc) is 2.46. The summed E-state index contributed by atoms with van der Waals surface area (Å²) in [5, 5.41) is 7.31. The van der Waals surface area contributed by atoms with E-state index in [9.17, 15) is 8.42 Å². The number of sulfone groups is 1. The fraction of sp³-hybridized carbons (Fsp3) is 0.533. The number of nitrogens with zero attached hydrogens (tertiary/aromatic N) is 3. The van der Waals surface area contributed by atoms with E-state index in [4.69, 9.17) is 0 Å². The molecule has 0 spiro atoms. The number of aromatic nitrogens is 3. The normalized spacial score (nSPS) is 20.6. The van der Waals surface area contributed by atoms with Crippen molar-refractivity contribution in [3.63, 3.8) is 0 Å². The molecule has 0 radical (unpaired) electrons. The number of hydrogen-bond acceptors (Lipinski definition) is 7. The fourth-order valence-electron chi connectivity index (χ4n) is 2.72. The molecule has 2 N–H and O–H groups in total. The highest BCUT2D eigenvalue weighted by Crippen LogP contribution is 2.21. The summed E-state index contributed by atoms with van der Waals surface area (Å²) in [5.41, 5.74) is 0.734. The minimum absolute atomic E-state index is 0.135. The summed E-state index contributed by atoms with van der Waals surface area (Å²) in [4.78, 5) is 13.2. The lowest BCUT2D eigenvalue weighted by atomic mass is 10.2. The van der Waals surface area contributed by atoms with E-state index in [0.717, 1.165) is 17.3 Å². The predicted molar refractivity (Wildman–Crippen MR) is 91.4 cm³/mol. The topological polar surface area (TPSA) is 96.9 Å². The van der Waals surface area contributed by atoms with Crippen LogP contribution >= 0.6 is 0 Å². The number of fused-ring (bicyclic) bond motifs is 1. The molecule has 0 amide bonds. The number of pyridine rings is 1. The molecule has 1 atom stereocenters. The molecule has 2 aromatic heterocycles. The Morgan fingerprint density at radius 2 is 2.13 bits per heavy atom. The third-order valence-electron chi connectivity index (χ3n) is 3.72. The SMILES string of the molecule is CC(C)Nc1nccc2cnc(NC3CCCS(=O)(=O)C3)nc12. The minimum Gasteiger partial charge on any atom is -0.366 e. The van der Waals surface area contributed by atoms with Gasteiger partial charge < -0.3 is 10.6 Å².